The summed E-state index contributed by atoms with van der Waals surface area (Å²) < 4.78 is 7.48. The summed E-state index contributed by atoms with van der Waals surface area (Å²) in [5.41, 5.74) is 2.18. The second-order valence-corrected chi connectivity index (χ2v) is 7.58. The number of carbonyl (C=O) groups excluding carboxylic acids is 3. The van der Waals surface area contributed by atoms with E-state index in [1.807, 2.05) is 63.5 Å². The normalized spacial score (nSPS) is 15.4. The van der Waals surface area contributed by atoms with E-state index >= 15 is 0 Å². The minimum Gasteiger partial charge on any atom is -0.494 e. The predicted molar refractivity (Wildman–Crippen MR) is 114 cm³/mol. The van der Waals surface area contributed by atoms with Gasteiger partial charge in [-0.2, -0.15) is 0 Å². The molecule has 2 aromatic rings. The van der Waals surface area contributed by atoms with Gasteiger partial charge >= 0.3 is 6.03 Å². The molecule has 0 atom stereocenters. The molecule has 1 aromatic heterocycles. The number of Topliss-reactive ketones (excluding diaryl/α,β-unsaturated/α-hetero) is 1. The minimum atomic E-state index is -0.906. The number of nitrogens with one attached hydrogen (secondary N) is 1. The molecular weight excluding hydrogens is 382 g/mol. The fourth-order valence-corrected chi connectivity index (χ4v) is 4.08. The molecule has 3 rings (SSSR count). The topological polar surface area (TPSA) is 80.6 Å². The number of hydrogen-bond acceptors (Lipinski definition) is 4. The van der Waals surface area contributed by atoms with Gasteiger partial charge in [0.05, 0.1) is 13.2 Å². The number of aryl methyl sites for hydroxylation is 1. The van der Waals surface area contributed by atoms with Crippen LogP contribution in [0.15, 0.2) is 30.3 Å². The van der Waals surface area contributed by atoms with Crippen LogP contribution in [0.5, 0.6) is 5.75 Å². The van der Waals surface area contributed by atoms with Crippen molar-refractivity contribution >= 4 is 17.7 Å². The Balaban J connectivity index is 1.85. The Kier molecular flexibility index (Phi) is 6.01. The molecule has 0 saturated carbocycles. The van der Waals surface area contributed by atoms with E-state index in [9.17, 15) is 14.4 Å². The number of imide groups is 1. The van der Waals surface area contributed by atoms with Crippen LogP contribution >= 0.6 is 0 Å². The third-order valence-corrected chi connectivity index (χ3v) is 5.89. The Labute approximate surface area is 177 Å². The Morgan fingerprint density at radius 1 is 1.07 bits per heavy atom. The SMILES string of the molecule is CCOc1ccc(-n2c(C)cc(C(=O)CN3C(=O)NC(CC)(CC)C3=O)c2C)cc1. The van der Waals surface area contributed by atoms with Crippen LogP contribution in [0.2, 0.25) is 0 Å². The Bertz CT molecular complexity index is 971. The van der Waals surface area contributed by atoms with Gasteiger partial charge in [-0.05, 0) is 63.9 Å². The molecule has 7 nitrogen and oxygen atoms in total. The molecule has 160 valence electrons. The summed E-state index contributed by atoms with van der Waals surface area (Å²) >= 11 is 0. The number of rotatable bonds is 8. The molecule has 1 fully saturated rings. The van der Waals surface area contributed by atoms with Crippen LogP contribution in [0.1, 0.15) is 55.4 Å². The summed E-state index contributed by atoms with van der Waals surface area (Å²) in [5.74, 6) is 0.201. The number of urea groups is 1. The molecule has 3 amide bonds. The number of hydrogen-bond donors (Lipinski definition) is 1. The van der Waals surface area contributed by atoms with E-state index in [2.05, 4.69) is 5.32 Å². The highest BCUT2D eigenvalue weighted by molar-refractivity contribution is 6.11. The summed E-state index contributed by atoms with van der Waals surface area (Å²) in [6, 6.07) is 8.96. The van der Waals surface area contributed by atoms with Gasteiger partial charge in [-0.3, -0.25) is 14.5 Å². The van der Waals surface area contributed by atoms with E-state index in [1.54, 1.807) is 6.07 Å². The van der Waals surface area contributed by atoms with Crippen LogP contribution in [0.3, 0.4) is 0 Å². The van der Waals surface area contributed by atoms with Gasteiger partial charge in [-0.15, -0.1) is 0 Å². The van der Waals surface area contributed by atoms with Crippen LogP contribution in [0.4, 0.5) is 4.79 Å². The molecule has 30 heavy (non-hydrogen) atoms. The number of nitrogens with zero attached hydrogens (tertiary/aromatic N) is 2. The molecule has 1 aliphatic heterocycles. The lowest BCUT2D eigenvalue weighted by Crippen LogP contribution is -2.46. The predicted octanol–water partition coefficient (Wildman–Crippen LogP) is 3.79. The van der Waals surface area contributed by atoms with Crippen LogP contribution in [-0.2, 0) is 4.79 Å². The molecule has 0 aliphatic carbocycles. The van der Waals surface area contributed by atoms with Gasteiger partial charge < -0.3 is 14.6 Å². The third-order valence-electron chi connectivity index (χ3n) is 5.89. The lowest BCUT2D eigenvalue weighted by molar-refractivity contribution is -0.131. The summed E-state index contributed by atoms with van der Waals surface area (Å²) in [7, 11) is 0. The smallest absolute Gasteiger partial charge is 0.325 e. The number of carbonyl (C=O) groups is 3. The van der Waals surface area contributed by atoms with Crippen molar-refractivity contribution < 1.29 is 19.1 Å². The third kappa shape index (κ3) is 3.60. The van der Waals surface area contributed by atoms with Crippen molar-refractivity contribution in [2.24, 2.45) is 0 Å². The Hall–Kier alpha value is -3.09. The molecule has 1 aliphatic rings. The largest absolute Gasteiger partial charge is 0.494 e. The maximum Gasteiger partial charge on any atom is 0.325 e. The van der Waals surface area contributed by atoms with Gasteiger partial charge in [0, 0.05) is 22.6 Å². The van der Waals surface area contributed by atoms with Crippen molar-refractivity contribution in [2.75, 3.05) is 13.2 Å². The highest BCUT2D eigenvalue weighted by atomic mass is 16.5. The second kappa shape index (κ2) is 8.34. The van der Waals surface area contributed by atoms with Gasteiger partial charge in [0.25, 0.3) is 5.91 Å². The fourth-order valence-electron chi connectivity index (χ4n) is 4.08. The maximum absolute atomic E-state index is 13.0. The Morgan fingerprint density at radius 2 is 1.70 bits per heavy atom. The zero-order chi connectivity index (χ0) is 22.1. The van der Waals surface area contributed by atoms with E-state index in [1.165, 1.54) is 0 Å². The molecule has 0 spiro atoms. The average molecular weight is 412 g/mol. The van der Waals surface area contributed by atoms with Crippen molar-refractivity contribution in [1.82, 2.24) is 14.8 Å². The van der Waals surface area contributed by atoms with Gasteiger partial charge in [-0.1, -0.05) is 13.8 Å². The zero-order valence-corrected chi connectivity index (χ0v) is 18.2. The van der Waals surface area contributed by atoms with Crippen LogP contribution in [-0.4, -0.2) is 45.9 Å². The van der Waals surface area contributed by atoms with Gasteiger partial charge in [0.15, 0.2) is 5.78 Å². The molecule has 1 aromatic carbocycles. The van der Waals surface area contributed by atoms with Gasteiger partial charge in [0.2, 0.25) is 0 Å². The van der Waals surface area contributed by atoms with Gasteiger partial charge in [-0.25, -0.2) is 4.79 Å². The minimum absolute atomic E-state index is 0.258. The molecule has 2 heterocycles. The quantitative estimate of drug-likeness (QED) is 0.529. The van der Waals surface area contributed by atoms with E-state index in [-0.39, 0.29) is 18.2 Å². The highest BCUT2D eigenvalue weighted by Crippen LogP contribution is 2.27. The van der Waals surface area contributed by atoms with Crippen molar-refractivity contribution in [3.63, 3.8) is 0 Å². The first kappa shape index (κ1) is 21.6. The summed E-state index contributed by atoms with van der Waals surface area (Å²) in [6.45, 7) is 9.77. The standard InChI is InChI=1S/C23H29N3O4/c1-6-23(7-2)21(28)25(22(29)24-23)14-20(27)19-13-15(4)26(16(19)5)17-9-11-18(12-10-17)30-8-3/h9-13H,6-8,14H2,1-5H3,(H,24,29). The first-order chi connectivity index (χ1) is 14.3. The zero-order valence-electron chi connectivity index (χ0n) is 18.2. The Morgan fingerprint density at radius 3 is 2.23 bits per heavy atom. The molecule has 0 radical (unpaired) electrons. The second-order valence-electron chi connectivity index (χ2n) is 7.58. The van der Waals surface area contributed by atoms with Crippen molar-refractivity contribution in [1.29, 1.82) is 0 Å². The van der Waals surface area contributed by atoms with Gasteiger partial charge in [0.1, 0.15) is 11.3 Å². The number of ether oxygens (including phenoxy) is 1. The molecule has 7 heteroatoms. The van der Waals surface area contributed by atoms with Crippen molar-refractivity contribution in [2.45, 2.75) is 53.0 Å². The summed E-state index contributed by atoms with van der Waals surface area (Å²) in [4.78, 5) is 39.2. The monoisotopic (exact) mass is 411 g/mol. The molecule has 0 unspecified atom stereocenters. The van der Waals surface area contributed by atoms with E-state index in [4.69, 9.17) is 4.74 Å². The molecular formula is C23H29N3O4. The number of amides is 3. The number of ketones is 1. The maximum atomic E-state index is 13.0. The van der Waals surface area contributed by atoms with Crippen molar-refractivity contribution in [3.05, 3.63) is 47.3 Å². The van der Waals surface area contributed by atoms with Crippen molar-refractivity contribution in [3.8, 4) is 11.4 Å². The fraction of sp³-hybridized carbons (Fsp3) is 0.435. The summed E-state index contributed by atoms with van der Waals surface area (Å²) in [6.07, 6.45) is 0.982. The van der Waals surface area contributed by atoms with Crippen LogP contribution in [0, 0.1) is 13.8 Å². The lowest BCUT2D eigenvalue weighted by Gasteiger charge is -2.22. The molecule has 0 bridgehead atoms. The first-order valence-electron chi connectivity index (χ1n) is 10.4. The molecule has 1 N–H and O–H groups in total. The first-order valence-corrected chi connectivity index (χ1v) is 10.4. The number of aromatic nitrogens is 1. The van der Waals surface area contributed by atoms with Crippen LogP contribution < -0.4 is 10.1 Å². The van der Waals surface area contributed by atoms with E-state index < -0.39 is 11.6 Å². The van der Waals surface area contributed by atoms with E-state index in [0.717, 1.165) is 27.7 Å². The molecule has 1 saturated heterocycles. The van der Waals surface area contributed by atoms with E-state index in [0.29, 0.717) is 25.0 Å². The average Bonchev–Trinajstić information content (AvgIpc) is 3.16. The highest BCUT2D eigenvalue weighted by Gasteiger charge is 2.49. The van der Waals surface area contributed by atoms with Crippen LogP contribution in [0.25, 0.3) is 5.69 Å². The number of benzene rings is 1. The summed E-state index contributed by atoms with van der Waals surface area (Å²) in [5, 5.41) is 2.76. The lowest BCUT2D eigenvalue weighted by atomic mass is 9.93.